The molecule has 1 atom stereocenters. The number of halogens is 1. The molecule has 1 aliphatic heterocycles. The first-order valence-electron chi connectivity index (χ1n) is 6.49. The Hall–Kier alpha value is -1.15. The third-order valence-corrected chi connectivity index (χ3v) is 3.92. The van der Waals surface area contributed by atoms with Crippen LogP contribution in [0, 0.1) is 0 Å². The zero-order valence-corrected chi connectivity index (χ0v) is 13.2. The Kier molecular flexibility index (Phi) is 5.78. The number of amides is 1. The van der Waals surface area contributed by atoms with Gasteiger partial charge in [0.2, 0.25) is 5.91 Å². The Morgan fingerprint density at radius 3 is 2.85 bits per heavy atom. The maximum atomic E-state index is 11.9. The quantitative estimate of drug-likeness (QED) is 0.464. The van der Waals surface area contributed by atoms with Gasteiger partial charge in [0, 0.05) is 19.6 Å². The Morgan fingerprint density at radius 2 is 2.15 bits per heavy atom. The largest absolute Gasteiger partial charge is 0.460 e. The SMILES string of the molecule is O=C1CN(CC(I)C(=O)OCc2ccccc2)CCN1. The maximum Gasteiger partial charge on any atom is 0.320 e. The van der Waals surface area contributed by atoms with Gasteiger partial charge in [0.1, 0.15) is 10.5 Å². The van der Waals surface area contributed by atoms with Crippen LogP contribution in [0.15, 0.2) is 30.3 Å². The van der Waals surface area contributed by atoms with Gasteiger partial charge in [-0.1, -0.05) is 52.9 Å². The van der Waals surface area contributed by atoms with Crippen molar-refractivity contribution in [2.75, 3.05) is 26.2 Å². The van der Waals surface area contributed by atoms with Crippen LogP contribution in [-0.4, -0.2) is 46.9 Å². The zero-order chi connectivity index (χ0) is 14.4. The van der Waals surface area contributed by atoms with Gasteiger partial charge < -0.3 is 10.1 Å². The van der Waals surface area contributed by atoms with Crippen molar-refractivity contribution >= 4 is 34.5 Å². The van der Waals surface area contributed by atoms with Crippen LogP contribution in [-0.2, 0) is 20.9 Å². The number of benzene rings is 1. The molecule has 1 heterocycles. The molecule has 1 amide bonds. The Balaban J connectivity index is 1.75. The minimum Gasteiger partial charge on any atom is -0.460 e. The second kappa shape index (κ2) is 7.58. The second-order valence-corrected chi connectivity index (χ2v) is 6.15. The van der Waals surface area contributed by atoms with E-state index in [1.54, 1.807) is 0 Å². The zero-order valence-electron chi connectivity index (χ0n) is 11.0. The monoisotopic (exact) mass is 388 g/mol. The number of ether oxygens (including phenoxy) is 1. The van der Waals surface area contributed by atoms with Gasteiger partial charge >= 0.3 is 5.97 Å². The van der Waals surface area contributed by atoms with Gasteiger partial charge in [0.15, 0.2) is 0 Å². The highest BCUT2D eigenvalue weighted by Gasteiger charge is 2.23. The normalized spacial score (nSPS) is 17.4. The smallest absolute Gasteiger partial charge is 0.320 e. The lowest BCUT2D eigenvalue weighted by atomic mass is 10.2. The summed E-state index contributed by atoms with van der Waals surface area (Å²) in [4.78, 5) is 25.2. The summed E-state index contributed by atoms with van der Waals surface area (Å²) in [5.74, 6) is -0.224. The first-order valence-corrected chi connectivity index (χ1v) is 7.73. The summed E-state index contributed by atoms with van der Waals surface area (Å²) >= 11 is 2.07. The van der Waals surface area contributed by atoms with Crippen LogP contribution in [0.3, 0.4) is 0 Å². The van der Waals surface area contributed by atoms with Crippen LogP contribution in [0.5, 0.6) is 0 Å². The first kappa shape index (κ1) is 15.2. The van der Waals surface area contributed by atoms with Crippen LogP contribution < -0.4 is 5.32 Å². The Labute approximate surface area is 131 Å². The van der Waals surface area contributed by atoms with E-state index in [0.29, 0.717) is 26.2 Å². The molecular weight excluding hydrogens is 371 g/mol. The molecule has 2 rings (SSSR count). The number of esters is 1. The summed E-state index contributed by atoms with van der Waals surface area (Å²) in [6.07, 6.45) is 0. The minimum absolute atomic E-state index is 0.0116. The van der Waals surface area contributed by atoms with Gasteiger partial charge in [-0.3, -0.25) is 14.5 Å². The van der Waals surface area contributed by atoms with E-state index < -0.39 is 0 Å². The Morgan fingerprint density at radius 1 is 1.40 bits per heavy atom. The van der Waals surface area contributed by atoms with Crippen molar-refractivity contribution in [1.29, 1.82) is 0 Å². The molecule has 0 bridgehead atoms. The molecule has 1 aromatic carbocycles. The molecule has 108 valence electrons. The molecule has 0 aromatic heterocycles. The molecule has 1 saturated heterocycles. The number of nitrogens with one attached hydrogen (secondary N) is 1. The van der Waals surface area contributed by atoms with Crippen molar-refractivity contribution in [3.05, 3.63) is 35.9 Å². The van der Waals surface area contributed by atoms with Crippen LogP contribution in [0.25, 0.3) is 0 Å². The minimum atomic E-state index is -0.262. The molecule has 1 aromatic rings. The molecule has 0 aliphatic carbocycles. The average molecular weight is 388 g/mol. The molecule has 1 aliphatic rings. The maximum absolute atomic E-state index is 11.9. The predicted molar refractivity (Wildman–Crippen MR) is 83.5 cm³/mol. The fourth-order valence-corrected chi connectivity index (χ4v) is 2.70. The van der Waals surface area contributed by atoms with Crippen molar-refractivity contribution in [3.63, 3.8) is 0 Å². The van der Waals surface area contributed by atoms with Gasteiger partial charge in [-0.15, -0.1) is 0 Å². The van der Waals surface area contributed by atoms with E-state index in [4.69, 9.17) is 4.74 Å². The van der Waals surface area contributed by atoms with Gasteiger partial charge in [-0.25, -0.2) is 0 Å². The topological polar surface area (TPSA) is 58.6 Å². The molecule has 0 spiro atoms. The summed E-state index contributed by atoms with van der Waals surface area (Å²) in [6, 6.07) is 9.59. The molecule has 1 unspecified atom stereocenters. The first-order chi connectivity index (χ1) is 9.65. The lowest BCUT2D eigenvalue weighted by Gasteiger charge is -2.27. The number of hydrogen-bond donors (Lipinski definition) is 1. The van der Waals surface area contributed by atoms with Gasteiger partial charge in [0.25, 0.3) is 0 Å². The van der Waals surface area contributed by atoms with E-state index in [1.807, 2.05) is 35.2 Å². The number of alkyl halides is 1. The van der Waals surface area contributed by atoms with Crippen molar-refractivity contribution in [2.24, 2.45) is 0 Å². The second-order valence-electron chi connectivity index (χ2n) is 4.65. The number of rotatable bonds is 5. The average Bonchev–Trinajstić information content (AvgIpc) is 2.46. The molecule has 20 heavy (non-hydrogen) atoms. The summed E-state index contributed by atoms with van der Waals surface area (Å²) in [5, 5.41) is 2.76. The highest BCUT2D eigenvalue weighted by atomic mass is 127. The molecule has 0 radical (unpaired) electrons. The third-order valence-electron chi connectivity index (χ3n) is 3.02. The van der Waals surface area contributed by atoms with Crippen molar-refractivity contribution in [1.82, 2.24) is 10.2 Å². The highest BCUT2D eigenvalue weighted by Crippen LogP contribution is 2.09. The standard InChI is InChI=1S/C14H17IN2O3/c15-12(8-17-7-6-16-13(18)9-17)14(19)20-10-11-4-2-1-3-5-11/h1-5,12H,6-10H2,(H,16,18). The number of nitrogens with zero attached hydrogens (tertiary/aromatic N) is 1. The summed E-state index contributed by atoms with van der Waals surface area (Å²) < 4.78 is 5.02. The van der Waals surface area contributed by atoms with E-state index in [2.05, 4.69) is 27.9 Å². The fraction of sp³-hybridized carbons (Fsp3) is 0.429. The molecule has 5 nitrogen and oxygen atoms in total. The van der Waals surface area contributed by atoms with Crippen molar-refractivity contribution < 1.29 is 14.3 Å². The van der Waals surface area contributed by atoms with Crippen LogP contribution in [0.2, 0.25) is 0 Å². The van der Waals surface area contributed by atoms with Gasteiger partial charge in [0.05, 0.1) is 6.54 Å². The number of hydrogen-bond acceptors (Lipinski definition) is 4. The van der Waals surface area contributed by atoms with Crippen LogP contribution in [0.4, 0.5) is 0 Å². The lowest BCUT2D eigenvalue weighted by Crippen LogP contribution is -2.50. The lowest BCUT2D eigenvalue weighted by molar-refractivity contribution is -0.144. The van der Waals surface area contributed by atoms with Gasteiger partial charge in [-0.05, 0) is 5.56 Å². The van der Waals surface area contributed by atoms with Gasteiger partial charge in [-0.2, -0.15) is 0 Å². The van der Waals surface area contributed by atoms with E-state index >= 15 is 0 Å². The molecular formula is C14H17IN2O3. The molecule has 6 heteroatoms. The number of piperazine rings is 1. The molecule has 1 fully saturated rings. The van der Waals surface area contributed by atoms with Crippen molar-refractivity contribution in [2.45, 2.75) is 10.5 Å². The predicted octanol–water partition coefficient (Wildman–Crippen LogP) is 0.965. The number of carbonyl (C=O) groups excluding carboxylic acids is 2. The fourth-order valence-electron chi connectivity index (χ4n) is 1.97. The van der Waals surface area contributed by atoms with E-state index in [9.17, 15) is 9.59 Å². The summed E-state index contributed by atoms with van der Waals surface area (Å²) in [7, 11) is 0. The van der Waals surface area contributed by atoms with Crippen LogP contribution >= 0.6 is 22.6 Å². The van der Waals surface area contributed by atoms with E-state index in [0.717, 1.165) is 12.1 Å². The van der Waals surface area contributed by atoms with E-state index in [-0.39, 0.29) is 15.8 Å². The number of carbonyl (C=O) groups is 2. The molecule has 0 saturated carbocycles. The van der Waals surface area contributed by atoms with Crippen LogP contribution in [0.1, 0.15) is 5.56 Å². The third kappa shape index (κ3) is 4.75. The molecule has 1 N–H and O–H groups in total. The Bertz CT molecular complexity index is 467. The summed E-state index contributed by atoms with van der Waals surface area (Å²) in [6.45, 7) is 2.60. The van der Waals surface area contributed by atoms with E-state index in [1.165, 1.54) is 0 Å². The van der Waals surface area contributed by atoms with Crippen molar-refractivity contribution in [3.8, 4) is 0 Å². The highest BCUT2D eigenvalue weighted by molar-refractivity contribution is 14.1. The summed E-state index contributed by atoms with van der Waals surface area (Å²) in [5.41, 5.74) is 0.974.